The molecule has 1 N–H and O–H groups in total. The number of carbonyl (C=O) groups is 2. The van der Waals surface area contributed by atoms with Crippen LogP contribution in [0.3, 0.4) is 0 Å². The van der Waals surface area contributed by atoms with E-state index in [1.54, 1.807) is 24.0 Å². The van der Waals surface area contributed by atoms with Crippen molar-refractivity contribution in [2.75, 3.05) is 13.2 Å². The van der Waals surface area contributed by atoms with Gasteiger partial charge in [0.15, 0.2) is 11.5 Å². The number of carbonyl (C=O) groups excluding carboxylic acids is 2. The number of rotatable bonds is 9. The average molecular weight is 446 g/mol. The molecule has 1 amide bonds. The van der Waals surface area contributed by atoms with Gasteiger partial charge in [-0.3, -0.25) is 9.59 Å². The topological polar surface area (TPSA) is 80.0 Å². The van der Waals surface area contributed by atoms with E-state index in [0.717, 1.165) is 12.0 Å². The van der Waals surface area contributed by atoms with E-state index in [1.807, 2.05) is 61.5 Å². The van der Waals surface area contributed by atoms with Gasteiger partial charge in [0, 0.05) is 6.54 Å². The van der Waals surface area contributed by atoms with E-state index < -0.39 is 23.5 Å². The van der Waals surface area contributed by atoms with Crippen LogP contribution in [0.25, 0.3) is 0 Å². The molecule has 6 nitrogen and oxygen atoms in total. The van der Waals surface area contributed by atoms with Crippen LogP contribution in [0, 0.1) is 6.92 Å². The number of ether oxygens (including phenoxy) is 1. The zero-order valence-corrected chi connectivity index (χ0v) is 18.8. The highest BCUT2D eigenvalue weighted by atomic mass is 16.5. The molecule has 0 saturated carbocycles. The smallest absolute Gasteiger partial charge is 0.290 e. The lowest BCUT2D eigenvalue weighted by Crippen LogP contribution is -2.33. The summed E-state index contributed by atoms with van der Waals surface area (Å²) >= 11 is 0. The first-order valence-electron chi connectivity index (χ1n) is 11.1. The van der Waals surface area contributed by atoms with E-state index in [9.17, 15) is 14.7 Å². The lowest BCUT2D eigenvalue weighted by atomic mass is 9.94. The number of benzene rings is 2. The normalized spacial score (nSPS) is 15.9. The maximum atomic E-state index is 13.4. The van der Waals surface area contributed by atoms with Crippen molar-refractivity contribution in [2.24, 2.45) is 0 Å². The van der Waals surface area contributed by atoms with Gasteiger partial charge in [0.1, 0.15) is 11.5 Å². The van der Waals surface area contributed by atoms with Gasteiger partial charge in [-0.2, -0.15) is 0 Å². The van der Waals surface area contributed by atoms with Crippen molar-refractivity contribution in [3.05, 3.63) is 101 Å². The van der Waals surface area contributed by atoms with Crippen LogP contribution < -0.4 is 4.74 Å². The average Bonchev–Trinajstić information content (AvgIpc) is 3.38. The first-order valence-corrected chi connectivity index (χ1v) is 11.1. The highest BCUT2D eigenvalue weighted by Gasteiger charge is 2.44. The minimum atomic E-state index is -0.746. The molecule has 170 valence electrons. The standard InChI is InChI=1S/C27H27NO5/c1-3-16-32-21-11-7-10-20(17-21)24-23(25(29)22-13-12-18(2)33-22)26(30)27(31)28(24)15-14-19-8-5-4-6-9-19/h4-13,17,24,30H,3,14-16H2,1-2H3. The van der Waals surface area contributed by atoms with Crippen LogP contribution in [0.4, 0.5) is 0 Å². The molecule has 0 fully saturated rings. The Labute approximate surface area is 193 Å². The summed E-state index contributed by atoms with van der Waals surface area (Å²) < 4.78 is 11.3. The molecule has 6 heteroatoms. The molecule has 0 saturated heterocycles. The zero-order valence-electron chi connectivity index (χ0n) is 18.8. The van der Waals surface area contributed by atoms with E-state index in [1.165, 1.54) is 0 Å². The monoisotopic (exact) mass is 445 g/mol. The molecule has 1 aromatic heterocycles. The number of hydrogen-bond donors (Lipinski definition) is 1. The Kier molecular flexibility index (Phi) is 6.63. The maximum Gasteiger partial charge on any atom is 0.290 e. The first-order chi connectivity index (χ1) is 16.0. The van der Waals surface area contributed by atoms with Gasteiger partial charge in [-0.25, -0.2) is 0 Å². The van der Waals surface area contributed by atoms with Gasteiger partial charge in [0.05, 0.1) is 18.2 Å². The van der Waals surface area contributed by atoms with Gasteiger partial charge >= 0.3 is 0 Å². The number of amides is 1. The minimum absolute atomic E-state index is 0.0232. The van der Waals surface area contributed by atoms with Crippen molar-refractivity contribution in [1.29, 1.82) is 0 Å². The second-order valence-electron chi connectivity index (χ2n) is 8.06. The molecule has 33 heavy (non-hydrogen) atoms. The van der Waals surface area contributed by atoms with Crippen LogP contribution in [-0.4, -0.2) is 34.8 Å². The van der Waals surface area contributed by atoms with Gasteiger partial charge in [0.2, 0.25) is 5.78 Å². The Hall–Kier alpha value is -3.80. The minimum Gasteiger partial charge on any atom is -0.503 e. The van der Waals surface area contributed by atoms with Crippen molar-refractivity contribution >= 4 is 11.7 Å². The summed E-state index contributed by atoms with van der Waals surface area (Å²) in [7, 11) is 0. The molecular formula is C27H27NO5. The predicted octanol–water partition coefficient (Wildman–Crippen LogP) is 5.20. The number of ketones is 1. The van der Waals surface area contributed by atoms with E-state index in [4.69, 9.17) is 9.15 Å². The summed E-state index contributed by atoms with van der Waals surface area (Å²) in [6.07, 6.45) is 1.45. The summed E-state index contributed by atoms with van der Waals surface area (Å²) in [5.74, 6) is -0.280. The van der Waals surface area contributed by atoms with Crippen molar-refractivity contribution < 1.29 is 23.8 Å². The maximum absolute atomic E-state index is 13.4. The Morgan fingerprint density at radius 2 is 1.88 bits per heavy atom. The van der Waals surface area contributed by atoms with Gasteiger partial charge in [-0.05, 0) is 55.2 Å². The molecule has 2 aromatic carbocycles. The molecule has 4 rings (SSSR count). The van der Waals surface area contributed by atoms with Crippen molar-refractivity contribution in [3.8, 4) is 5.75 Å². The largest absolute Gasteiger partial charge is 0.503 e. The second-order valence-corrected chi connectivity index (χ2v) is 8.06. The number of furan rings is 1. The van der Waals surface area contributed by atoms with E-state index in [2.05, 4.69) is 0 Å². The summed E-state index contributed by atoms with van der Waals surface area (Å²) in [6, 6.07) is 19.6. The molecule has 0 aliphatic carbocycles. The number of aliphatic hydroxyl groups is 1. The van der Waals surface area contributed by atoms with E-state index in [-0.39, 0.29) is 11.3 Å². The molecule has 1 aliphatic heterocycles. The van der Waals surface area contributed by atoms with Crippen LogP contribution >= 0.6 is 0 Å². The number of nitrogens with zero attached hydrogens (tertiary/aromatic N) is 1. The fraction of sp³-hybridized carbons (Fsp3) is 0.259. The highest BCUT2D eigenvalue weighted by Crippen LogP contribution is 2.40. The second kappa shape index (κ2) is 9.77. The van der Waals surface area contributed by atoms with E-state index in [0.29, 0.717) is 36.6 Å². The zero-order chi connectivity index (χ0) is 23.4. The molecule has 0 radical (unpaired) electrons. The Bertz CT molecular complexity index is 1180. The summed E-state index contributed by atoms with van der Waals surface area (Å²) in [5, 5.41) is 10.8. The van der Waals surface area contributed by atoms with Gasteiger partial charge in [0.25, 0.3) is 5.91 Å². The molecule has 0 spiro atoms. The lowest BCUT2D eigenvalue weighted by Gasteiger charge is -2.27. The predicted molar refractivity (Wildman–Crippen MR) is 124 cm³/mol. The molecule has 0 bridgehead atoms. The van der Waals surface area contributed by atoms with Crippen molar-refractivity contribution in [1.82, 2.24) is 4.90 Å². The Morgan fingerprint density at radius 3 is 2.58 bits per heavy atom. The number of hydrogen-bond acceptors (Lipinski definition) is 5. The third kappa shape index (κ3) is 4.70. The van der Waals surface area contributed by atoms with Crippen LogP contribution in [0.1, 0.15) is 46.8 Å². The quantitative estimate of drug-likeness (QED) is 0.458. The SMILES string of the molecule is CCCOc1cccc(C2C(C(=O)c3ccc(C)o3)=C(O)C(=O)N2CCc2ccccc2)c1. The summed E-state index contributed by atoms with van der Waals surface area (Å²) in [5.41, 5.74) is 1.78. The van der Waals surface area contributed by atoms with Crippen LogP contribution in [0.15, 0.2) is 82.5 Å². The molecule has 1 aliphatic rings. The van der Waals surface area contributed by atoms with Crippen LogP contribution in [-0.2, 0) is 11.2 Å². The lowest BCUT2D eigenvalue weighted by molar-refractivity contribution is -0.129. The Balaban J connectivity index is 1.72. The van der Waals surface area contributed by atoms with Gasteiger partial charge in [-0.1, -0.05) is 49.4 Å². The first kappa shape index (κ1) is 22.4. The van der Waals surface area contributed by atoms with Crippen LogP contribution in [0.5, 0.6) is 5.75 Å². The Morgan fingerprint density at radius 1 is 1.09 bits per heavy atom. The van der Waals surface area contributed by atoms with Crippen molar-refractivity contribution in [3.63, 3.8) is 0 Å². The summed E-state index contributed by atoms with van der Waals surface area (Å²) in [6.45, 7) is 4.66. The third-order valence-corrected chi connectivity index (χ3v) is 5.64. The number of aliphatic hydroxyl groups excluding tert-OH is 1. The van der Waals surface area contributed by atoms with Crippen molar-refractivity contribution in [2.45, 2.75) is 32.7 Å². The fourth-order valence-electron chi connectivity index (χ4n) is 4.04. The van der Waals surface area contributed by atoms with Gasteiger partial charge in [-0.15, -0.1) is 0 Å². The van der Waals surface area contributed by atoms with Crippen LogP contribution in [0.2, 0.25) is 0 Å². The third-order valence-electron chi connectivity index (χ3n) is 5.64. The molecular weight excluding hydrogens is 418 g/mol. The van der Waals surface area contributed by atoms with E-state index >= 15 is 0 Å². The molecule has 1 atom stereocenters. The fourth-order valence-corrected chi connectivity index (χ4v) is 4.04. The molecule has 2 heterocycles. The number of aryl methyl sites for hydroxylation is 1. The number of Topliss-reactive ketones (excluding diaryl/α,β-unsaturated/α-hetero) is 1. The van der Waals surface area contributed by atoms with Gasteiger partial charge < -0.3 is 19.2 Å². The highest BCUT2D eigenvalue weighted by molar-refractivity contribution is 6.15. The molecule has 1 unspecified atom stereocenters. The molecule has 3 aromatic rings. The summed E-state index contributed by atoms with van der Waals surface area (Å²) in [4.78, 5) is 28.0.